The van der Waals surface area contributed by atoms with Gasteiger partial charge in [-0.05, 0) is 0 Å². The molecule has 0 aliphatic carbocycles. The molecule has 5 nitrogen and oxygen atoms in total. The van der Waals surface area contributed by atoms with Gasteiger partial charge in [0.15, 0.2) is 5.82 Å². The summed E-state index contributed by atoms with van der Waals surface area (Å²) in [4.78, 5) is 0. The van der Waals surface area contributed by atoms with Crippen molar-refractivity contribution in [3.63, 3.8) is 0 Å². The average molecular weight is 184 g/mol. The van der Waals surface area contributed by atoms with Gasteiger partial charge in [0.05, 0.1) is 19.3 Å². The second-order valence-corrected chi connectivity index (χ2v) is 3.94. The van der Waals surface area contributed by atoms with E-state index in [0.717, 1.165) is 6.54 Å². The molecule has 1 heterocycles. The zero-order chi connectivity index (χ0) is 9.90. The van der Waals surface area contributed by atoms with Crippen LogP contribution in [0, 0.1) is 5.41 Å². The molecule has 13 heavy (non-hydrogen) atoms. The summed E-state index contributed by atoms with van der Waals surface area (Å²) in [7, 11) is 1.69. The van der Waals surface area contributed by atoms with Crippen LogP contribution in [0.4, 0.5) is 5.82 Å². The molecule has 0 fully saturated rings. The SMILES string of the molecule is COCC(C)(C)Cn1cc(N)nn1. The van der Waals surface area contributed by atoms with Crippen molar-refractivity contribution in [2.45, 2.75) is 20.4 Å². The maximum Gasteiger partial charge on any atom is 0.165 e. The minimum Gasteiger partial charge on any atom is -0.384 e. The normalized spacial score (nSPS) is 11.9. The summed E-state index contributed by atoms with van der Waals surface area (Å²) < 4.78 is 6.82. The lowest BCUT2D eigenvalue weighted by atomic mass is 9.95. The number of rotatable bonds is 4. The Labute approximate surface area is 77.9 Å². The lowest BCUT2D eigenvalue weighted by molar-refractivity contribution is 0.0887. The van der Waals surface area contributed by atoms with Gasteiger partial charge in [-0.3, -0.25) is 0 Å². The van der Waals surface area contributed by atoms with Crippen LogP contribution in [0.2, 0.25) is 0 Å². The molecule has 0 radical (unpaired) electrons. The van der Waals surface area contributed by atoms with Crippen LogP contribution < -0.4 is 5.73 Å². The summed E-state index contributed by atoms with van der Waals surface area (Å²) in [5.41, 5.74) is 5.50. The maximum absolute atomic E-state index is 5.45. The third-order valence-corrected chi connectivity index (χ3v) is 1.68. The van der Waals surface area contributed by atoms with E-state index in [9.17, 15) is 0 Å². The number of nitrogens with two attached hydrogens (primary N) is 1. The topological polar surface area (TPSA) is 66.0 Å². The van der Waals surface area contributed by atoms with Gasteiger partial charge in [-0.25, -0.2) is 4.68 Å². The molecule has 0 amide bonds. The molecule has 5 heteroatoms. The number of anilines is 1. The van der Waals surface area contributed by atoms with E-state index in [-0.39, 0.29) is 5.41 Å². The van der Waals surface area contributed by atoms with E-state index in [1.165, 1.54) is 0 Å². The molecular weight excluding hydrogens is 168 g/mol. The van der Waals surface area contributed by atoms with Gasteiger partial charge in [-0.2, -0.15) is 0 Å². The number of aromatic nitrogens is 3. The highest BCUT2D eigenvalue weighted by atomic mass is 16.5. The molecule has 1 aromatic rings. The highest BCUT2D eigenvalue weighted by molar-refractivity contribution is 5.19. The maximum atomic E-state index is 5.45. The second kappa shape index (κ2) is 3.74. The molecule has 0 atom stereocenters. The van der Waals surface area contributed by atoms with Gasteiger partial charge in [0.2, 0.25) is 0 Å². The Balaban J connectivity index is 2.57. The zero-order valence-electron chi connectivity index (χ0n) is 8.32. The van der Waals surface area contributed by atoms with E-state index in [1.807, 2.05) is 0 Å². The van der Waals surface area contributed by atoms with Gasteiger partial charge in [-0.15, -0.1) is 5.10 Å². The molecule has 0 spiro atoms. The minimum atomic E-state index is 0.0505. The first-order chi connectivity index (χ1) is 6.03. The van der Waals surface area contributed by atoms with Crippen LogP contribution in [0.3, 0.4) is 0 Å². The number of methoxy groups -OCH3 is 1. The lowest BCUT2D eigenvalue weighted by Gasteiger charge is -2.22. The Bertz CT molecular complexity index is 269. The Morgan fingerprint density at radius 1 is 1.62 bits per heavy atom. The van der Waals surface area contributed by atoms with E-state index in [1.54, 1.807) is 18.0 Å². The molecule has 0 unspecified atom stereocenters. The molecule has 74 valence electrons. The molecule has 0 saturated carbocycles. The number of ether oxygens (including phenoxy) is 1. The standard InChI is InChI=1S/C8H16N4O/c1-8(2,6-13-3)5-12-4-7(9)10-11-12/h4H,5-6,9H2,1-3H3. The highest BCUT2D eigenvalue weighted by Gasteiger charge is 2.18. The van der Waals surface area contributed by atoms with Crippen molar-refractivity contribution in [2.24, 2.45) is 5.41 Å². The van der Waals surface area contributed by atoms with Gasteiger partial charge in [0.25, 0.3) is 0 Å². The van der Waals surface area contributed by atoms with Crippen molar-refractivity contribution in [1.82, 2.24) is 15.0 Å². The number of hydrogen-bond donors (Lipinski definition) is 1. The van der Waals surface area contributed by atoms with Gasteiger partial charge in [0.1, 0.15) is 0 Å². The fraction of sp³-hybridized carbons (Fsp3) is 0.750. The molecule has 1 rings (SSSR count). The third kappa shape index (κ3) is 3.02. The molecule has 0 aliphatic heterocycles. The summed E-state index contributed by atoms with van der Waals surface area (Å²) in [5.74, 6) is 0.452. The van der Waals surface area contributed by atoms with Crippen LogP contribution in [-0.2, 0) is 11.3 Å². The first-order valence-corrected chi connectivity index (χ1v) is 4.18. The molecule has 0 bridgehead atoms. The molecule has 2 N–H and O–H groups in total. The summed E-state index contributed by atoms with van der Waals surface area (Å²) in [5, 5.41) is 7.58. The molecule has 1 aromatic heterocycles. The average Bonchev–Trinajstić information content (AvgIpc) is 2.34. The monoisotopic (exact) mass is 184 g/mol. The second-order valence-electron chi connectivity index (χ2n) is 3.94. The first-order valence-electron chi connectivity index (χ1n) is 4.18. The summed E-state index contributed by atoms with van der Waals surface area (Å²) in [6.45, 7) is 5.65. The van der Waals surface area contributed by atoms with Gasteiger partial charge < -0.3 is 10.5 Å². The predicted molar refractivity (Wildman–Crippen MR) is 50.1 cm³/mol. The van der Waals surface area contributed by atoms with Crippen molar-refractivity contribution in [3.8, 4) is 0 Å². The Morgan fingerprint density at radius 2 is 2.31 bits per heavy atom. The smallest absolute Gasteiger partial charge is 0.165 e. The Kier molecular flexibility index (Phi) is 2.87. The summed E-state index contributed by atoms with van der Waals surface area (Å²) in [6.07, 6.45) is 1.72. The zero-order valence-corrected chi connectivity index (χ0v) is 8.32. The number of nitrogens with zero attached hydrogens (tertiary/aromatic N) is 3. The van der Waals surface area contributed by atoms with Crippen molar-refractivity contribution in [1.29, 1.82) is 0 Å². The van der Waals surface area contributed by atoms with Crippen molar-refractivity contribution in [3.05, 3.63) is 6.20 Å². The molecule has 0 saturated heterocycles. The van der Waals surface area contributed by atoms with Gasteiger partial charge in [0, 0.05) is 12.5 Å². The van der Waals surface area contributed by atoms with Crippen LogP contribution in [0.5, 0.6) is 0 Å². The minimum absolute atomic E-state index is 0.0505. The van der Waals surface area contributed by atoms with Crippen LogP contribution in [0.1, 0.15) is 13.8 Å². The predicted octanol–water partition coefficient (Wildman–Crippen LogP) is 0.533. The Hall–Kier alpha value is -1.10. The fourth-order valence-electron chi connectivity index (χ4n) is 1.27. The fourth-order valence-corrected chi connectivity index (χ4v) is 1.27. The van der Waals surface area contributed by atoms with Crippen molar-refractivity contribution < 1.29 is 4.74 Å². The first kappa shape index (κ1) is 9.98. The number of hydrogen-bond acceptors (Lipinski definition) is 4. The highest BCUT2D eigenvalue weighted by Crippen LogP contribution is 2.17. The van der Waals surface area contributed by atoms with Crippen LogP contribution >= 0.6 is 0 Å². The summed E-state index contributed by atoms with van der Waals surface area (Å²) in [6, 6.07) is 0. The van der Waals surface area contributed by atoms with E-state index >= 15 is 0 Å². The Morgan fingerprint density at radius 3 is 2.77 bits per heavy atom. The quantitative estimate of drug-likeness (QED) is 0.741. The van der Waals surface area contributed by atoms with Gasteiger partial charge >= 0.3 is 0 Å². The van der Waals surface area contributed by atoms with Crippen molar-refractivity contribution >= 4 is 5.82 Å². The van der Waals surface area contributed by atoms with Crippen LogP contribution in [0.15, 0.2) is 6.20 Å². The van der Waals surface area contributed by atoms with E-state index in [2.05, 4.69) is 24.2 Å². The van der Waals surface area contributed by atoms with E-state index < -0.39 is 0 Å². The lowest BCUT2D eigenvalue weighted by Crippen LogP contribution is -2.25. The largest absolute Gasteiger partial charge is 0.384 e. The molecule has 0 aromatic carbocycles. The van der Waals surface area contributed by atoms with Crippen molar-refractivity contribution in [2.75, 3.05) is 19.5 Å². The van der Waals surface area contributed by atoms with Crippen LogP contribution in [0.25, 0.3) is 0 Å². The molecular formula is C8H16N4O. The van der Waals surface area contributed by atoms with Gasteiger partial charge in [-0.1, -0.05) is 19.1 Å². The third-order valence-electron chi connectivity index (χ3n) is 1.68. The van der Waals surface area contributed by atoms with E-state index in [0.29, 0.717) is 12.4 Å². The molecule has 0 aliphatic rings. The van der Waals surface area contributed by atoms with E-state index in [4.69, 9.17) is 10.5 Å². The summed E-state index contributed by atoms with van der Waals surface area (Å²) >= 11 is 0. The van der Waals surface area contributed by atoms with Crippen LogP contribution in [-0.4, -0.2) is 28.7 Å². The number of nitrogen functional groups attached to an aromatic ring is 1.